The predicted octanol–water partition coefficient (Wildman–Crippen LogP) is 2.29. The van der Waals surface area contributed by atoms with E-state index in [-0.39, 0.29) is 24.2 Å². The molecule has 1 aromatic carbocycles. The number of carbonyl (C=O) groups is 2. The number of hydrogen-bond donors (Lipinski definition) is 1. The van der Waals surface area contributed by atoms with Crippen LogP contribution in [0.25, 0.3) is 6.08 Å². The summed E-state index contributed by atoms with van der Waals surface area (Å²) in [7, 11) is 3.38. The second-order valence-corrected chi connectivity index (χ2v) is 5.79. The molecule has 0 atom stereocenters. The number of nitrogens with one attached hydrogen (secondary N) is 1. The highest BCUT2D eigenvalue weighted by molar-refractivity contribution is 5.98. The van der Waals surface area contributed by atoms with Gasteiger partial charge in [0, 0.05) is 37.1 Å². The molecule has 0 spiro atoms. The van der Waals surface area contributed by atoms with Gasteiger partial charge in [-0.3, -0.25) is 14.3 Å². The number of likely N-dealkylation sites (N-methyl/N-ethyl adjacent to an activating group) is 1. The fourth-order valence-electron chi connectivity index (χ4n) is 2.34. The van der Waals surface area contributed by atoms with Gasteiger partial charge in [-0.05, 0) is 44.2 Å². The van der Waals surface area contributed by atoms with Crippen LogP contribution in [-0.2, 0) is 16.6 Å². The van der Waals surface area contributed by atoms with Gasteiger partial charge in [0.05, 0.1) is 12.2 Å². The van der Waals surface area contributed by atoms with Crippen molar-refractivity contribution in [3.05, 3.63) is 53.1 Å². The van der Waals surface area contributed by atoms with Crippen molar-refractivity contribution in [1.29, 1.82) is 0 Å². The molecule has 0 radical (unpaired) electrons. The van der Waals surface area contributed by atoms with Gasteiger partial charge in [0.2, 0.25) is 11.8 Å². The van der Waals surface area contributed by atoms with E-state index < -0.39 is 0 Å². The number of hydrogen-bond acceptors (Lipinski definition) is 3. The van der Waals surface area contributed by atoms with Gasteiger partial charge in [0.15, 0.2) is 0 Å². The van der Waals surface area contributed by atoms with Crippen LogP contribution in [0.15, 0.2) is 30.3 Å². The third kappa shape index (κ3) is 4.76. The Hall–Kier alpha value is -2.96. The zero-order valence-corrected chi connectivity index (χ0v) is 14.7. The van der Waals surface area contributed by atoms with E-state index in [1.54, 1.807) is 17.8 Å². The van der Waals surface area contributed by atoms with Crippen molar-refractivity contribution in [2.24, 2.45) is 7.05 Å². The molecule has 1 heterocycles. The summed E-state index contributed by atoms with van der Waals surface area (Å²) in [6.45, 7) is 3.69. The molecule has 132 valence electrons. The summed E-state index contributed by atoms with van der Waals surface area (Å²) in [5.41, 5.74) is 3.16. The van der Waals surface area contributed by atoms with E-state index in [1.807, 2.05) is 20.9 Å². The first-order valence-electron chi connectivity index (χ1n) is 7.76. The summed E-state index contributed by atoms with van der Waals surface area (Å²) in [6.07, 6.45) is 3.12. The summed E-state index contributed by atoms with van der Waals surface area (Å²) < 4.78 is 14.6. The van der Waals surface area contributed by atoms with Gasteiger partial charge < -0.3 is 10.2 Å². The van der Waals surface area contributed by atoms with E-state index in [2.05, 4.69) is 10.4 Å². The fourth-order valence-corrected chi connectivity index (χ4v) is 2.34. The lowest BCUT2D eigenvalue weighted by molar-refractivity contribution is -0.129. The standard InChI is InChI=1S/C18H21FN4O2/c1-12-16(13(2)23(4)21-12)9-10-18(25)22(3)11-17(24)20-15-7-5-14(19)6-8-15/h5-10H,11H2,1-4H3,(H,20,24)/b10-9+. The maximum atomic E-state index is 12.8. The summed E-state index contributed by atoms with van der Waals surface area (Å²) in [4.78, 5) is 25.4. The number of rotatable bonds is 5. The van der Waals surface area contributed by atoms with Crippen molar-refractivity contribution < 1.29 is 14.0 Å². The van der Waals surface area contributed by atoms with Crippen molar-refractivity contribution in [3.8, 4) is 0 Å². The Balaban J connectivity index is 1.94. The summed E-state index contributed by atoms with van der Waals surface area (Å²) in [5.74, 6) is -1.03. The van der Waals surface area contributed by atoms with Gasteiger partial charge >= 0.3 is 0 Å². The van der Waals surface area contributed by atoms with E-state index in [1.165, 1.54) is 35.2 Å². The van der Waals surface area contributed by atoms with Crippen molar-refractivity contribution in [2.75, 3.05) is 18.9 Å². The van der Waals surface area contributed by atoms with Crippen molar-refractivity contribution in [2.45, 2.75) is 13.8 Å². The third-order valence-electron chi connectivity index (χ3n) is 3.84. The molecule has 7 heteroatoms. The third-order valence-corrected chi connectivity index (χ3v) is 3.84. The van der Waals surface area contributed by atoms with Crippen molar-refractivity contribution in [3.63, 3.8) is 0 Å². The first-order valence-corrected chi connectivity index (χ1v) is 7.76. The van der Waals surface area contributed by atoms with Crippen LogP contribution in [0, 0.1) is 19.7 Å². The number of halogens is 1. The van der Waals surface area contributed by atoms with E-state index in [0.717, 1.165) is 17.0 Å². The smallest absolute Gasteiger partial charge is 0.246 e. The maximum Gasteiger partial charge on any atom is 0.246 e. The molecule has 25 heavy (non-hydrogen) atoms. The Kier molecular flexibility index (Phi) is 5.69. The first-order chi connectivity index (χ1) is 11.8. The molecule has 1 N–H and O–H groups in total. The second-order valence-electron chi connectivity index (χ2n) is 5.79. The van der Waals surface area contributed by atoms with Crippen LogP contribution in [0.1, 0.15) is 17.0 Å². The Morgan fingerprint density at radius 2 is 1.92 bits per heavy atom. The lowest BCUT2D eigenvalue weighted by Crippen LogP contribution is -2.33. The molecule has 0 aliphatic rings. The number of amides is 2. The molecule has 2 amide bonds. The zero-order chi connectivity index (χ0) is 18.6. The Morgan fingerprint density at radius 1 is 1.28 bits per heavy atom. The van der Waals surface area contributed by atoms with E-state index in [4.69, 9.17) is 0 Å². The molecule has 0 aliphatic heterocycles. The Morgan fingerprint density at radius 3 is 2.48 bits per heavy atom. The second kappa shape index (κ2) is 7.74. The summed E-state index contributed by atoms with van der Waals surface area (Å²) in [6, 6.07) is 5.43. The molecule has 0 aliphatic carbocycles. The highest BCUT2D eigenvalue weighted by atomic mass is 19.1. The minimum Gasteiger partial charge on any atom is -0.333 e. The predicted molar refractivity (Wildman–Crippen MR) is 94.4 cm³/mol. The quantitative estimate of drug-likeness (QED) is 0.846. The number of anilines is 1. The lowest BCUT2D eigenvalue weighted by Gasteiger charge is -2.14. The summed E-state index contributed by atoms with van der Waals surface area (Å²) in [5, 5.41) is 6.90. The SMILES string of the molecule is Cc1nn(C)c(C)c1/C=C/C(=O)N(C)CC(=O)Nc1ccc(F)cc1. The molecule has 2 rings (SSSR count). The number of nitrogens with zero attached hydrogens (tertiary/aromatic N) is 3. The van der Waals surface area contributed by atoms with Crippen LogP contribution < -0.4 is 5.32 Å². The van der Waals surface area contributed by atoms with Crippen LogP contribution in [0.3, 0.4) is 0 Å². The van der Waals surface area contributed by atoms with Crippen LogP contribution in [0.2, 0.25) is 0 Å². The van der Waals surface area contributed by atoms with Crippen LogP contribution in [0.5, 0.6) is 0 Å². The molecule has 0 fully saturated rings. The Labute approximate surface area is 145 Å². The zero-order valence-electron chi connectivity index (χ0n) is 14.7. The van der Waals surface area contributed by atoms with E-state index in [0.29, 0.717) is 5.69 Å². The largest absolute Gasteiger partial charge is 0.333 e. The van der Waals surface area contributed by atoms with Gasteiger partial charge in [0.25, 0.3) is 0 Å². The normalized spacial score (nSPS) is 10.9. The number of benzene rings is 1. The van der Waals surface area contributed by atoms with Gasteiger partial charge in [-0.2, -0.15) is 5.10 Å². The fraction of sp³-hybridized carbons (Fsp3) is 0.278. The average molecular weight is 344 g/mol. The van der Waals surface area contributed by atoms with E-state index >= 15 is 0 Å². The van der Waals surface area contributed by atoms with Crippen molar-refractivity contribution in [1.82, 2.24) is 14.7 Å². The maximum absolute atomic E-state index is 12.8. The summed E-state index contributed by atoms with van der Waals surface area (Å²) >= 11 is 0. The first kappa shape index (κ1) is 18.4. The number of aromatic nitrogens is 2. The minimum atomic E-state index is -0.378. The van der Waals surface area contributed by atoms with Crippen LogP contribution in [0.4, 0.5) is 10.1 Å². The molecule has 0 saturated carbocycles. The van der Waals surface area contributed by atoms with Gasteiger partial charge in [-0.25, -0.2) is 4.39 Å². The number of aryl methyl sites for hydroxylation is 2. The van der Waals surface area contributed by atoms with Gasteiger partial charge in [-0.15, -0.1) is 0 Å². The monoisotopic (exact) mass is 344 g/mol. The van der Waals surface area contributed by atoms with Crippen LogP contribution in [-0.4, -0.2) is 40.1 Å². The molecule has 0 bridgehead atoms. The van der Waals surface area contributed by atoms with Gasteiger partial charge in [-0.1, -0.05) is 0 Å². The molecule has 0 unspecified atom stereocenters. The highest BCUT2D eigenvalue weighted by Gasteiger charge is 2.12. The lowest BCUT2D eigenvalue weighted by atomic mass is 10.2. The molecule has 2 aromatic rings. The molecular weight excluding hydrogens is 323 g/mol. The average Bonchev–Trinajstić information content (AvgIpc) is 2.80. The molecule has 6 nitrogen and oxygen atoms in total. The van der Waals surface area contributed by atoms with Crippen LogP contribution >= 0.6 is 0 Å². The molecule has 1 aromatic heterocycles. The topological polar surface area (TPSA) is 67.2 Å². The van der Waals surface area contributed by atoms with Gasteiger partial charge in [0.1, 0.15) is 5.82 Å². The highest BCUT2D eigenvalue weighted by Crippen LogP contribution is 2.13. The van der Waals surface area contributed by atoms with Crippen molar-refractivity contribution >= 4 is 23.6 Å². The van der Waals surface area contributed by atoms with E-state index in [9.17, 15) is 14.0 Å². The number of carbonyl (C=O) groups excluding carboxylic acids is 2. The molecule has 0 saturated heterocycles. The minimum absolute atomic E-state index is 0.106. The molecular formula is C18H21FN4O2. The Bertz CT molecular complexity index is 809.